The molecule has 0 bridgehead atoms. The van der Waals surface area contributed by atoms with Crippen molar-refractivity contribution in [1.82, 2.24) is 9.78 Å². The molecule has 0 saturated carbocycles. The quantitative estimate of drug-likeness (QED) is 0.770. The van der Waals surface area contributed by atoms with Gasteiger partial charge in [0.15, 0.2) is 0 Å². The molecule has 0 fully saturated rings. The van der Waals surface area contributed by atoms with Gasteiger partial charge >= 0.3 is 0 Å². The fourth-order valence-electron chi connectivity index (χ4n) is 1.88. The number of nitriles is 1. The summed E-state index contributed by atoms with van der Waals surface area (Å²) in [6, 6.07) is 12.2. The molecule has 0 saturated heterocycles. The largest absolute Gasteiger partial charge is 0.273 e. The van der Waals surface area contributed by atoms with Crippen LogP contribution in [-0.2, 0) is 6.42 Å². The number of hydrogen-bond donors (Lipinski definition) is 0. The molecule has 0 aliphatic heterocycles. The molecule has 0 aliphatic rings. The van der Waals surface area contributed by atoms with Gasteiger partial charge in [0, 0.05) is 6.42 Å². The van der Waals surface area contributed by atoms with Gasteiger partial charge in [-0.05, 0) is 24.8 Å². The van der Waals surface area contributed by atoms with Gasteiger partial charge in [-0.15, -0.1) is 0 Å². The molecule has 1 aromatic carbocycles. The van der Waals surface area contributed by atoms with Gasteiger partial charge in [0.2, 0.25) is 5.91 Å². The molecule has 1 aromatic heterocycles. The van der Waals surface area contributed by atoms with Crippen LogP contribution in [0, 0.1) is 11.3 Å². The van der Waals surface area contributed by atoms with Crippen molar-refractivity contribution >= 4 is 5.91 Å². The van der Waals surface area contributed by atoms with E-state index in [1.807, 2.05) is 24.3 Å². The minimum absolute atomic E-state index is 0.0606. The second-order valence-corrected chi connectivity index (χ2v) is 4.37. The van der Waals surface area contributed by atoms with Crippen LogP contribution in [0.2, 0.25) is 0 Å². The summed E-state index contributed by atoms with van der Waals surface area (Å²) in [7, 11) is 0. The predicted molar refractivity (Wildman–Crippen MR) is 71.6 cm³/mol. The third kappa shape index (κ3) is 3.78. The molecule has 1 heterocycles. The van der Waals surface area contributed by atoms with Crippen LogP contribution in [0.1, 0.15) is 35.2 Å². The summed E-state index contributed by atoms with van der Waals surface area (Å²) in [5, 5.41) is 12.5. The van der Waals surface area contributed by atoms with E-state index in [1.54, 1.807) is 0 Å². The van der Waals surface area contributed by atoms with Crippen LogP contribution in [0.4, 0.5) is 0 Å². The zero-order chi connectivity index (χ0) is 13.5. The lowest BCUT2D eigenvalue weighted by atomic mass is 10.1. The molecular weight excluding hydrogens is 238 g/mol. The standard InChI is InChI=1S/C15H15N3O/c16-10-14-11-17-18(12-14)15(19)9-5-4-8-13-6-2-1-3-7-13/h1-3,6-7,11-12H,4-5,8-9H2. The summed E-state index contributed by atoms with van der Waals surface area (Å²) in [5.41, 5.74) is 1.71. The highest BCUT2D eigenvalue weighted by Crippen LogP contribution is 2.07. The summed E-state index contributed by atoms with van der Waals surface area (Å²) in [4.78, 5) is 11.8. The SMILES string of the molecule is N#Cc1cnn(C(=O)CCCCc2ccccc2)c1. The van der Waals surface area contributed by atoms with E-state index in [0.717, 1.165) is 19.3 Å². The summed E-state index contributed by atoms with van der Waals surface area (Å²) >= 11 is 0. The maximum Gasteiger partial charge on any atom is 0.246 e. The first kappa shape index (κ1) is 13.0. The van der Waals surface area contributed by atoms with Gasteiger partial charge in [-0.25, -0.2) is 4.68 Å². The predicted octanol–water partition coefficient (Wildman–Crippen LogP) is 2.81. The average molecular weight is 253 g/mol. The Labute approximate surface area is 112 Å². The Balaban J connectivity index is 1.74. The minimum atomic E-state index is -0.0606. The maximum atomic E-state index is 11.8. The fraction of sp³-hybridized carbons (Fsp3) is 0.267. The Morgan fingerprint density at radius 3 is 2.74 bits per heavy atom. The molecule has 0 spiro atoms. The van der Waals surface area contributed by atoms with Crippen LogP contribution in [0.3, 0.4) is 0 Å². The molecule has 0 unspecified atom stereocenters. The molecule has 0 N–H and O–H groups in total. The number of aromatic nitrogens is 2. The molecule has 2 rings (SSSR count). The Morgan fingerprint density at radius 2 is 2.05 bits per heavy atom. The van der Waals surface area contributed by atoms with Gasteiger partial charge in [-0.1, -0.05) is 30.3 Å². The smallest absolute Gasteiger partial charge is 0.246 e. The summed E-state index contributed by atoms with van der Waals surface area (Å²) in [6.07, 6.45) is 6.12. The number of nitrogens with zero attached hydrogens (tertiary/aromatic N) is 3. The molecule has 0 radical (unpaired) electrons. The minimum Gasteiger partial charge on any atom is -0.273 e. The maximum absolute atomic E-state index is 11.8. The Morgan fingerprint density at radius 1 is 1.26 bits per heavy atom. The van der Waals surface area contributed by atoms with Crippen LogP contribution in [0.25, 0.3) is 0 Å². The van der Waals surface area contributed by atoms with Crippen molar-refractivity contribution in [2.75, 3.05) is 0 Å². The lowest BCUT2D eigenvalue weighted by molar-refractivity contribution is 0.0883. The topological polar surface area (TPSA) is 58.7 Å². The zero-order valence-electron chi connectivity index (χ0n) is 10.6. The van der Waals surface area contributed by atoms with Crippen LogP contribution in [-0.4, -0.2) is 15.7 Å². The van der Waals surface area contributed by atoms with E-state index in [9.17, 15) is 4.79 Å². The van der Waals surface area contributed by atoms with Gasteiger partial charge in [-0.2, -0.15) is 10.4 Å². The molecular formula is C15H15N3O. The highest BCUT2D eigenvalue weighted by molar-refractivity contribution is 5.78. The van der Waals surface area contributed by atoms with E-state index < -0.39 is 0 Å². The fourth-order valence-corrected chi connectivity index (χ4v) is 1.88. The first-order valence-corrected chi connectivity index (χ1v) is 6.31. The number of hydrogen-bond acceptors (Lipinski definition) is 3. The second kappa shape index (κ2) is 6.50. The normalized spacial score (nSPS) is 10.1. The Hall–Kier alpha value is -2.41. The van der Waals surface area contributed by atoms with Gasteiger partial charge in [-0.3, -0.25) is 4.79 Å². The molecule has 0 aliphatic carbocycles. The average Bonchev–Trinajstić information content (AvgIpc) is 2.93. The molecule has 19 heavy (non-hydrogen) atoms. The highest BCUT2D eigenvalue weighted by atomic mass is 16.2. The number of aryl methyl sites for hydroxylation is 1. The lowest BCUT2D eigenvalue weighted by Crippen LogP contribution is -2.10. The van der Waals surface area contributed by atoms with Gasteiger partial charge < -0.3 is 0 Å². The van der Waals surface area contributed by atoms with Crippen molar-refractivity contribution < 1.29 is 4.79 Å². The van der Waals surface area contributed by atoms with Crippen LogP contribution >= 0.6 is 0 Å². The molecule has 0 amide bonds. The van der Waals surface area contributed by atoms with Crippen molar-refractivity contribution in [2.45, 2.75) is 25.7 Å². The third-order valence-electron chi connectivity index (χ3n) is 2.92. The van der Waals surface area contributed by atoms with E-state index in [-0.39, 0.29) is 5.91 Å². The highest BCUT2D eigenvalue weighted by Gasteiger charge is 2.06. The first-order chi connectivity index (χ1) is 9.29. The second-order valence-electron chi connectivity index (χ2n) is 4.37. The third-order valence-corrected chi connectivity index (χ3v) is 2.92. The van der Waals surface area contributed by atoms with Gasteiger partial charge in [0.05, 0.1) is 18.0 Å². The van der Waals surface area contributed by atoms with Crippen LogP contribution < -0.4 is 0 Å². The van der Waals surface area contributed by atoms with Crippen molar-refractivity contribution in [2.24, 2.45) is 0 Å². The Bertz CT molecular complexity index is 581. The Kier molecular flexibility index (Phi) is 4.46. The summed E-state index contributed by atoms with van der Waals surface area (Å²) in [6.45, 7) is 0. The molecule has 4 nitrogen and oxygen atoms in total. The van der Waals surface area contributed by atoms with Gasteiger partial charge in [0.25, 0.3) is 0 Å². The first-order valence-electron chi connectivity index (χ1n) is 6.31. The molecule has 96 valence electrons. The van der Waals surface area contributed by atoms with E-state index in [4.69, 9.17) is 5.26 Å². The summed E-state index contributed by atoms with van der Waals surface area (Å²) < 4.78 is 1.25. The van der Waals surface area contributed by atoms with Crippen molar-refractivity contribution in [3.8, 4) is 6.07 Å². The molecule has 2 aromatic rings. The number of unbranched alkanes of at least 4 members (excludes halogenated alkanes) is 1. The van der Waals surface area contributed by atoms with Crippen molar-refractivity contribution in [1.29, 1.82) is 5.26 Å². The lowest BCUT2D eigenvalue weighted by Gasteiger charge is -2.01. The number of carbonyl (C=O) groups is 1. The molecule has 0 atom stereocenters. The monoisotopic (exact) mass is 253 g/mol. The van der Waals surface area contributed by atoms with E-state index >= 15 is 0 Å². The number of benzene rings is 1. The number of carbonyl (C=O) groups excluding carboxylic acids is 1. The number of rotatable bonds is 5. The van der Waals surface area contributed by atoms with E-state index in [1.165, 1.54) is 22.6 Å². The van der Waals surface area contributed by atoms with Crippen LogP contribution in [0.15, 0.2) is 42.7 Å². The van der Waals surface area contributed by atoms with Gasteiger partial charge in [0.1, 0.15) is 6.07 Å². The van der Waals surface area contributed by atoms with E-state index in [2.05, 4.69) is 17.2 Å². The summed E-state index contributed by atoms with van der Waals surface area (Å²) in [5.74, 6) is -0.0606. The zero-order valence-corrected chi connectivity index (χ0v) is 10.6. The van der Waals surface area contributed by atoms with Crippen molar-refractivity contribution in [3.05, 3.63) is 53.9 Å². The van der Waals surface area contributed by atoms with Crippen LogP contribution in [0.5, 0.6) is 0 Å². The molecule has 4 heteroatoms. The van der Waals surface area contributed by atoms with E-state index in [0.29, 0.717) is 12.0 Å². The van der Waals surface area contributed by atoms with Crippen molar-refractivity contribution in [3.63, 3.8) is 0 Å².